The van der Waals surface area contributed by atoms with E-state index in [1.165, 1.54) is 0 Å². The van der Waals surface area contributed by atoms with E-state index in [2.05, 4.69) is 11.9 Å². The summed E-state index contributed by atoms with van der Waals surface area (Å²) in [6.45, 7) is 4.42. The molecule has 0 saturated heterocycles. The van der Waals surface area contributed by atoms with Crippen molar-refractivity contribution in [1.29, 1.82) is 0 Å². The zero-order valence-corrected chi connectivity index (χ0v) is 16.1. The maximum absolute atomic E-state index is 12.0. The topological polar surface area (TPSA) is 72.3 Å². The first kappa shape index (κ1) is 19.4. The summed E-state index contributed by atoms with van der Waals surface area (Å²) < 4.78 is 5.73. The van der Waals surface area contributed by atoms with Crippen molar-refractivity contribution in [1.82, 2.24) is 9.97 Å². The number of rotatable bonds is 7. The van der Waals surface area contributed by atoms with E-state index in [0.717, 1.165) is 69.5 Å². The van der Waals surface area contributed by atoms with Gasteiger partial charge in [-0.3, -0.25) is 4.79 Å². The van der Waals surface area contributed by atoms with Gasteiger partial charge in [-0.15, -0.1) is 0 Å². The van der Waals surface area contributed by atoms with E-state index in [9.17, 15) is 9.90 Å². The fourth-order valence-corrected chi connectivity index (χ4v) is 4.51. The van der Waals surface area contributed by atoms with Gasteiger partial charge in [0.25, 0.3) is 0 Å². The highest BCUT2D eigenvalue weighted by molar-refractivity contribution is 5.94. The van der Waals surface area contributed by atoms with E-state index in [0.29, 0.717) is 24.0 Å². The van der Waals surface area contributed by atoms with Gasteiger partial charge in [-0.05, 0) is 70.6 Å². The number of aliphatic hydroxyl groups excluding tert-OH is 1. The van der Waals surface area contributed by atoms with E-state index in [4.69, 9.17) is 9.72 Å². The third-order valence-corrected chi connectivity index (χ3v) is 6.04. The maximum Gasteiger partial charge on any atom is 0.163 e. The second kappa shape index (κ2) is 9.05. The van der Waals surface area contributed by atoms with Gasteiger partial charge in [0.05, 0.1) is 23.5 Å². The molecule has 144 valence electrons. The minimum atomic E-state index is -0.262. The van der Waals surface area contributed by atoms with Crippen molar-refractivity contribution in [2.24, 2.45) is 11.8 Å². The van der Waals surface area contributed by atoms with Gasteiger partial charge in [0.1, 0.15) is 5.82 Å². The average Bonchev–Trinajstić information content (AvgIpc) is 3.02. The summed E-state index contributed by atoms with van der Waals surface area (Å²) in [5.41, 5.74) is 1.45. The molecule has 0 aromatic carbocycles. The summed E-state index contributed by atoms with van der Waals surface area (Å²) in [4.78, 5) is 21.2. The fourth-order valence-electron chi connectivity index (χ4n) is 4.51. The van der Waals surface area contributed by atoms with Gasteiger partial charge >= 0.3 is 0 Å². The lowest BCUT2D eigenvalue weighted by atomic mass is 9.85. The number of nitrogens with zero attached hydrogens (tertiary/aromatic N) is 2. The van der Waals surface area contributed by atoms with Crippen LogP contribution in [0.3, 0.4) is 0 Å². The van der Waals surface area contributed by atoms with Gasteiger partial charge in [-0.1, -0.05) is 6.42 Å². The molecule has 0 amide bonds. The van der Waals surface area contributed by atoms with Crippen LogP contribution in [0.2, 0.25) is 0 Å². The highest BCUT2D eigenvalue weighted by atomic mass is 16.5. The molecule has 0 radical (unpaired) electrons. The zero-order valence-electron chi connectivity index (χ0n) is 16.1. The lowest BCUT2D eigenvalue weighted by molar-refractivity contribution is 0.0255. The fraction of sp³-hybridized carbons (Fsp3) is 0.762. The lowest BCUT2D eigenvalue weighted by Gasteiger charge is -2.28. The normalized spacial score (nSPS) is 29.0. The Morgan fingerprint density at radius 2 is 1.96 bits per heavy atom. The molecule has 26 heavy (non-hydrogen) atoms. The van der Waals surface area contributed by atoms with Crippen molar-refractivity contribution in [2.75, 3.05) is 6.61 Å². The van der Waals surface area contributed by atoms with Crippen molar-refractivity contribution in [3.63, 3.8) is 0 Å². The molecule has 2 aliphatic carbocycles. The van der Waals surface area contributed by atoms with Crippen LogP contribution in [0.5, 0.6) is 0 Å². The predicted molar refractivity (Wildman–Crippen MR) is 100 cm³/mol. The van der Waals surface area contributed by atoms with Crippen LogP contribution in [-0.2, 0) is 17.6 Å². The van der Waals surface area contributed by atoms with Crippen LogP contribution in [-0.4, -0.2) is 39.7 Å². The molecule has 5 heteroatoms. The molecule has 3 rings (SSSR count). The standard InChI is InChI=1S/C21H32N2O3/c1-3-26-17-9-7-15(8-10-17)11-21-22-13-18(14(2)24)19(23-21)12-16-5-4-6-20(16)25/h13,15-17,20,25H,3-12H2,1-2H3/t15?,16-,17?,20?/m1/s1. The van der Waals surface area contributed by atoms with E-state index < -0.39 is 0 Å². The van der Waals surface area contributed by atoms with Crippen molar-refractivity contribution >= 4 is 5.78 Å². The van der Waals surface area contributed by atoms with E-state index in [1.807, 2.05) is 0 Å². The number of hydrogen-bond acceptors (Lipinski definition) is 5. The van der Waals surface area contributed by atoms with Gasteiger partial charge < -0.3 is 9.84 Å². The van der Waals surface area contributed by atoms with Crippen LogP contribution in [0.15, 0.2) is 6.20 Å². The minimum Gasteiger partial charge on any atom is -0.393 e. The van der Waals surface area contributed by atoms with Crippen LogP contribution in [0.4, 0.5) is 0 Å². The van der Waals surface area contributed by atoms with Gasteiger partial charge in [-0.2, -0.15) is 0 Å². The first-order valence-corrected chi connectivity index (χ1v) is 10.2. The van der Waals surface area contributed by atoms with Crippen molar-refractivity contribution < 1.29 is 14.6 Å². The van der Waals surface area contributed by atoms with Crippen LogP contribution in [0.25, 0.3) is 0 Å². The molecule has 2 saturated carbocycles. The number of ketones is 1. The van der Waals surface area contributed by atoms with Gasteiger partial charge in [0.2, 0.25) is 0 Å². The number of carbonyl (C=O) groups excluding carboxylic acids is 1. The molecular weight excluding hydrogens is 328 g/mol. The Morgan fingerprint density at radius 1 is 1.19 bits per heavy atom. The van der Waals surface area contributed by atoms with Crippen molar-refractivity contribution in [3.8, 4) is 0 Å². The Kier molecular flexibility index (Phi) is 6.76. The molecule has 1 unspecified atom stereocenters. The van der Waals surface area contributed by atoms with Gasteiger partial charge in [0, 0.05) is 19.2 Å². The van der Waals surface area contributed by atoms with Crippen molar-refractivity contribution in [3.05, 3.63) is 23.3 Å². The smallest absolute Gasteiger partial charge is 0.163 e. The van der Waals surface area contributed by atoms with Crippen molar-refractivity contribution in [2.45, 2.75) is 83.8 Å². The largest absolute Gasteiger partial charge is 0.393 e. The SMILES string of the molecule is CCOC1CCC(Cc2ncc(C(C)=O)c(C[C@H]3CCCC3O)n2)CC1. The number of Topliss-reactive ketones (excluding diaryl/α,β-unsaturated/α-hetero) is 1. The first-order valence-electron chi connectivity index (χ1n) is 10.2. The van der Waals surface area contributed by atoms with E-state index >= 15 is 0 Å². The second-order valence-electron chi connectivity index (χ2n) is 7.97. The monoisotopic (exact) mass is 360 g/mol. The summed E-state index contributed by atoms with van der Waals surface area (Å²) >= 11 is 0. The maximum atomic E-state index is 12.0. The molecule has 1 heterocycles. The zero-order chi connectivity index (χ0) is 18.5. The summed E-state index contributed by atoms with van der Waals surface area (Å²) in [5.74, 6) is 1.67. The van der Waals surface area contributed by atoms with E-state index in [1.54, 1.807) is 13.1 Å². The quantitative estimate of drug-likeness (QED) is 0.753. The lowest BCUT2D eigenvalue weighted by Crippen LogP contribution is -2.24. The molecule has 1 aromatic rings. The molecule has 5 nitrogen and oxygen atoms in total. The first-order chi connectivity index (χ1) is 12.6. The third-order valence-electron chi connectivity index (χ3n) is 6.04. The Bertz CT molecular complexity index is 611. The van der Waals surface area contributed by atoms with Gasteiger partial charge in [0.15, 0.2) is 5.78 Å². The molecule has 2 atom stereocenters. The van der Waals surface area contributed by atoms with Gasteiger partial charge in [-0.25, -0.2) is 9.97 Å². The van der Waals surface area contributed by atoms with Crippen LogP contribution in [0, 0.1) is 11.8 Å². The number of aliphatic hydroxyl groups is 1. The highest BCUT2D eigenvalue weighted by Crippen LogP contribution is 2.30. The number of ether oxygens (including phenoxy) is 1. The summed E-state index contributed by atoms with van der Waals surface area (Å²) in [5, 5.41) is 10.1. The number of hydrogen-bond donors (Lipinski definition) is 1. The summed E-state index contributed by atoms with van der Waals surface area (Å²) in [6.07, 6.45) is 10.9. The van der Waals surface area contributed by atoms with Crippen LogP contribution in [0.1, 0.15) is 80.7 Å². The Hall–Kier alpha value is -1.33. The molecule has 0 spiro atoms. The highest BCUT2D eigenvalue weighted by Gasteiger charge is 2.28. The molecule has 0 bridgehead atoms. The Balaban J connectivity index is 1.66. The van der Waals surface area contributed by atoms with E-state index in [-0.39, 0.29) is 17.8 Å². The number of aromatic nitrogens is 2. The Morgan fingerprint density at radius 3 is 2.58 bits per heavy atom. The number of carbonyl (C=O) groups is 1. The molecule has 2 aliphatic rings. The molecule has 2 fully saturated rings. The van der Waals surface area contributed by atoms with Crippen LogP contribution >= 0.6 is 0 Å². The summed E-state index contributed by atoms with van der Waals surface area (Å²) in [7, 11) is 0. The average molecular weight is 360 g/mol. The predicted octanol–water partition coefficient (Wildman–Crippen LogP) is 3.52. The third kappa shape index (κ3) is 4.89. The molecular formula is C21H32N2O3. The Labute approximate surface area is 156 Å². The molecule has 0 aliphatic heterocycles. The van der Waals surface area contributed by atoms with Crippen LogP contribution < -0.4 is 0 Å². The molecule has 1 aromatic heterocycles. The second-order valence-corrected chi connectivity index (χ2v) is 7.97. The molecule has 1 N–H and O–H groups in total. The minimum absolute atomic E-state index is 0.0104. The summed E-state index contributed by atoms with van der Waals surface area (Å²) in [6, 6.07) is 0.